The van der Waals surface area contributed by atoms with Gasteiger partial charge in [-0.15, -0.1) is 0 Å². The minimum Gasteiger partial charge on any atom is -0.481 e. The summed E-state index contributed by atoms with van der Waals surface area (Å²) in [6, 6.07) is 11.2. The van der Waals surface area contributed by atoms with Gasteiger partial charge in [-0.3, -0.25) is 20.7 Å². The number of nitrogens with two attached hydrogens (primary N) is 2. The first kappa shape index (κ1) is 41.2. The van der Waals surface area contributed by atoms with Crippen molar-refractivity contribution < 1.29 is 20.1 Å². The maximum absolute atomic E-state index is 11.9. The predicted molar refractivity (Wildman–Crippen MR) is 196 cm³/mol. The van der Waals surface area contributed by atoms with Crippen LogP contribution in [0, 0.1) is 0 Å². The molecule has 258 valence electrons. The number of hydrogen-bond donors (Lipinski definition) is 3. The molecule has 3 aromatic rings. The third-order valence-corrected chi connectivity index (χ3v) is 8.93. The first-order valence-electron chi connectivity index (χ1n) is 16.1. The number of Topliss-reactive ketones (excluding diaryl/α,β-unsaturated/α-hetero) is 1. The van der Waals surface area contributed by atoms with Gasteiger partial charge >= 0.3 is 0 Å². The minimum atomic E-state index is -0.833. The molecule has 2 aromatic carbocycles. The number of rotatable bonds is 2. The molecule has 7 nitrogen and oxygen atoms in total. The number of nitrogens with zero attached hydrogens (tertiary/aromatic N) is 2. The fraction of sp³-hybridized carbons (Fsp3) is 0.525. The lowest BCUT2D eigenvalue weighted by atomic mass is 9.79. The van der Waals surface area contributed by atoms with E-state index in [0.717, 1.165) is 43.8 Å². The van der Waals surface area contributed by atoms with Gasteiger partial charge < -0.3 is 5.11 Å². The zero-order valence-corrected chi connectivity index (χ0v) is 30.3. The third-order valence-electron chi connectivity index (χ3n) is 8.93. The second-order valence-electron chi connectivity index (χ2n) is 15.7. The highest BCUT2D eigenvalue weighted by atomic mass is 16.4. The number of aromatic nitrogens is 2. The van der Waals surface area contributed by atoms with E-state index in [2.05, 4.69) is 115 Å². The molecule has 0 atom stereocenters. The highest BCUT2D eigenvalue weighted by Gasteiger charge is 2.35. The van der Waals surface area contributed by atoms with Gasteiger partial charge in [0.2, 0.25) is 6.34 Å². The maximum atomic E-state index is 11.9. The molecule has 0 radical (unpaired) electrons. The van der Waals surface area contributed by atoms with Crippen molar-refractivity contribution in [2.75, 3.05) is 0 Å². The van der Waals surface area contributed by atoms with Gasteiger partial charge in [0.25, 0.3) is 5.97 Å². The second-order valence-corrected chi connectivity index (χ2v) is 15.7. The average Bonchev–Trinajstić information content (AvgIpc) is 3.42. The van der Waals surface area contributed by atoms with Gasteiger partial charge in [-0.2, -0.15) is 0 Å². The third kappa shape index (κ3) is 10.6. The summed E-state index contributed by atoms with van der Waals surface area (Å²) in [6.45, 7) is 25.5. The Morgan fingerprint density at radius 1 is 0.851 bits per heavy atom. The fourth-order valence-electron chi connectivity index (χ4n) is 6.09. The van der Waals surface area contributed by atoms with E-state index >= 15 is 0 Å². The van der Waals surface area contributed by atoms with Gasteiger partial charge in [0.05, 0.1) is 5.69 Å². The van der Waals surface area contributed by atoms with Crippen molar-refractivity contribution in [3.05, 3.63) is 81.8 Å². The SMILES string of the molecule is C.CC(=O)O.CC(=O)c1cc(C(C)(C)C)cc2c1CCC2(C)C.CC(C)(C)c1cc(-c2ccncn2)c2c(c1)C(C)(C)CC2.NC=[NH2+]. The Hall–Kier alpha value is -3.87. The number of fused-ring (bicyclic) bond motifs is 2. The Bertz CT molecular complexity index is 1540. The Labute approximate surface area is 284 Å². The number of carbonyl (C=O) groups is 2. The summed E-state index contributed by atoms with van der Waals surface area (Å²) in [5.74, 6) is -0.630. The van der Waals surface area contributed by atoms with Crippen LogP contribution in [0.2, 0.25) is 0 Å². The molecule has 0 spiro atoms. The molecule has 0 bridgehead atoms. The van der Waals surface area contributed by atoms with Crippen LogP contribution in [-0.2, 0) is 39.3 Å². The highest BCUT2D eigenvalue weighted by Crippen LogP contribution is 2.45. The van der Waals surface area contributed by atoms with Crippen LogP contribution in [0.15, 0.2) is 42.9 Å². The van der Waals surface area contributed by atoms with E-state index in [1.807, 2.05) is 12.3 Å². The molecule has 7 heteroatoms. The molecule has 0 saturated heterocycles. The molecule has 2 aliphatic carbocycles. The Morgan fingerprint density at radius 2 is 1.28 bits per heavy atom. The molecule has 0 fully saturated rings. The van der Waals surface area contributed by atoms with Crippen LogP contribution in [0.5, 0.6) is 0 Å². The molecule has 1 heterocycles. The first-order valence-corrected chi connectivity index (χ1v) is 16.1. The molecule has 5 rings (SSSR count). The summed E-state index contributed by atoms with van der Waals surface area (Å²) < 4.78 is 0. The predicted octanol–water partition coefficient (Wildman–Crippen LogP) is 7.53. The lowest BCUT2D eigenvalue weighted by molar-refractivity contribution is -0.134. The number of carboxylic acid groups (broad SMARTS) is 1. The quantitative estimate of drug-likeness (QED) is 0.150. The lowest BCUT2D eigenvalue weighted by Gasteiger charge is -2.26. The van der Waals surface area contributed by atoms with Crippen LogP contribution in [0.4, 0.5) is 0 Å². The van der Waals surface area contributed by atoms with E-state index in [0.29, 0.717) is 0 Å². The van der Waals surface area contributed by atoms with Crippen LogP contribution < -0.4 is 11.1 Å². The molecule has 1 aromatic heterocycles. The van der Waals surface area contributed by atoms with E-state index in [9.17, 15) is 4.79 Å². The molecular weight excluding hydrogens is 584 g/mol. The van der Waals surface area contributed by atoms with E-state index < -0.39 is 5.97 Å². The summed E-state index contributed by atoms with van der Waals surface area (Å²) in [5.41, 5.74) is 16.8. The van der Waals surface area contributed by atoms with Crippen molar-refractivity contribution in [2.45, 2.75) is 138 Å². The smallest absolute Gasteiger partial charge is 0.300 e. The Morgan fingerprint density at radius 3 is 1.68 bits per heavy atom. The monoisotopic (exact) mass is 645 g/mol. The van der Waals surface area contributed by atoms with Crippen molar-refractivity contribution >= 4 is 18.1 Å². The van der Waals surface area contributed by atoms with Crippen molar-refractivity contribution in [2.24, 2.45) is 5.73 Å². The van der Waals surface area contributed by atoms with Crippen LogP contribution >= 0.6 is 0 Å². The van der Waals surface area contributed by atoms with Crippen molar-refractivity contribution in [3.63, 3.8) is 0 Å². The summed E-state index contributed by atoms with van der Waals surface area (Å²) >= 11 is 0. The number of ketones is 1. The van der Waals surface area contributed by atoms with Crippen molar-refractivity contribution in [1.82, 2.24) is 9.97 Å². The van der Waals surface area contributed by atoms with Gasteiger partial charge in [-0.1, -0.05) is 88.8 Å². The highest BCUT2D eigenvalue weighted by molar-refractivity contribution is 5.96. The minimum absolute atomic E-state index is 0. The van der Waals surface area contributed by atoms with Crippen LogP contribution in [0.25, 0.3) is 11.3 Å². The van der Waals surface area contributed by atoms with E-state index in [-0.39, 0.29) is 34.9 Å². The summed E-state index contributed by atoms with van der Waals surface area (Å²) in [5, 5.41) is 11.9. The molecular formula is C40H61N4O3+. The zero-order chi connectivity index (χ0) is 35.3. The number of benzene rings is 2. The van der Waals surface area contributed by atoms with Crippen LogP contribution in [-0.4, -0.2) is 33.2 Å². The first-order chi connectivity index (χ1) is 21.1. The van der Waals surface area contributed by atoms with Crippen molar-refractivity contribution in [1.29, 1.82) is 0 Å². The van der Waals surface area contributed by atoms with E-state index in [1.165, 1.54) is 45.4 Å². The molecule has 0 saturated carbocycles. The molecule has 0 unspecified atom stereocenters. The number of carbonyl (C=O) groups excluding carboxylic acids is 1. The van der Waals surface area contributed by atoms with Gasteiger partial charge in [0.15, 0.2) is 5.78 Å². The largest absolute Gasteiger partial charge is 0.481 e. The normalized spacial score (nSPS) is 15.1. The second kappa shape index (κ2) is 15.8. The van der Waals surface area contributed by atoms with Crippen LogP contribution in [0.1, 0.15) is 147 Å². The standard InChI is InChI=1S/C19H24N2.C17H24O.C2H4O2.CH4N2.CH4/c1-18(2,3)13-10-15(17-7-9-20-12-21-17)14-6-8-19(4,5)16(14)11-13;1-11(18)14-9-12(16(2,3)4)10-15-13(14)7-8-17(15,5)6;1-2(3)4;2-1-3;/h7,9-12H,6,8H2,1-5H3;9-10H,7-8H2,1-6H3;1H3,(H,3,4);1H,(H3,2,3);1H4/p+1. The Kier molecular flexibility index (Phi) is 13.8. The number of hydrogen-bond acceptors (Lipinski definition) is 4. The van der Waals surface area contributed by atoms with Gasteiger partial charge in [0.1, 0.15) is 6.33 Å². The van der Waals surface area contributed by atoms with Crippen molar-refractivity contribution in [3.8, 4) is 11.3 Å². The van der Waals surface area contributed by atoms with E-state index in [1.54, 1.807) is 13.3 Å². The lowest BCUT2D eigenvalue weighted by Crippen LogP contribution is -2.33. The maximum Gasteiger partial charge on any atom is 0.300 e. The fourth-order valence-corrected chi connectivity index (χ4v) is 6.09. The summed E-state index contributed by atoms with van der Waals surface area (Å²) in [7, 11) is 0. The molecule has 5 N–H and O–H groups in total. The molecule has 2 aliphatic rings. The van der Waals surface area contributed by atoms with Crippen LogP contribution in [0.3, 0.4) is 0 Å². The number of aliphatic carboxylic acids is 1. The van der Waals surface area contributed by atoms with Gasteiger partial charge in [-0.25, -0.2) is 9.97 Å². The molecule has 47 heavy (non-hydrogen) atoms. The molecule has 0 aliphatic heterocycles. The average molecular weight is 646 g/mol. The summed E-state index contributed by atoms with van der Waals surface area (Å²) in [4.78, 5) is 29.4. The zero-order valence-electron chi connectivity index (χ0n) is 30.3. The number of carboxylic acids is 1. The topological polar surface area (TPSA) is 132 Å². The van der Waals surface area contributed by atoms with Gasteiger partial charge in [-0.05, 0) is 106 Å². The summed E-state index contributed by atoms with van der Waals surface area (Å²) in [6.07, 6.45) is 9.03. The van der Waals surface area contributed by atoms with Gasteiger partial charge in [0, 0.05) is 24.2 Å². The van der Waals surface area contributed by atoms with E-state index in [4.69, 9.17) is 9.90 Å². The Balaban J connectivity index is 0.000000389. The molecule has 0 amide bonds.